The third-order valence-electron chi connectivity index (χ3n) is 5.73. The van der Waals surface area contributed by atoms with E-state index in [0.717, 1.165) is 4.57 Å². The van der Waals surface area contributed by atoms with Gasteiger partial charge in [-0.05, 0) is 25.7 Å². The molecule has 0 bridgehead atoms. The van der Waals surface area contributed by atoms with Gasteiger partial charge in [0.05, 0.1) is 11.8 Å². The molecule has 1 saturated heterocycles. The highest BCUT2D eigenvalue weighted by Crippen LogP contribution is 2.29. The third-order valence-corrected chi connectivity index (χ3v) is 5.73. The average molecular weight is 456 g/mol. The molecular weight excluding hydrogens is 422 g/mol. The lowest BCUT2D eigenvalue weighted by atomic mass is 10.0. The van der Waals surface area contributed by atoms with Crippen LogP contribution in [0.25, 0.3) is 0 Å². The van der Waals surface area contributed by atoms with E-state index in [2.05, 4.69) is 10.5 Å². The summed E-state index contributed by atoms with van der Waals surface area (Å²) in [7, 11) is 0. The van der Waals surface area contributed by atoms with Gasteiger partial charge in [-0.15, -0.1) is 0 Å². The molecule has 3 N–H and O–H groups in total. The summed E-state index contributed by atoms with van der Waals surface area (Å²) in [4.78, 5) is 45.1. The second kappa shape index (κ2) is 11.9. The van der Waals surface area contributed by atoms with Crippen molar-refractivity contribution in [2.75, 3.05) is 12.1 Å². The van der Waals surface area contributed by atoms with Gasteiger partial charge in [-0.3, -0.25) is 9.36 Å². The van der Waals surface area contributed by atoms with Crippen LogP contribution in [0.15, 0.2) is 17.1 Å². The van der Waals surface area contributed by atoms with E-state index in [4.69, 9.17) is 14.3 Å². The van der Waals surface area contributed by atoms with Crippen molar-refractivity contribution in [3.05, 3.63) is 22.7 Å². The summed E-state index contributed by atoms with van der Waals surface area (Å²) in [5.41, 5.74) is 1.56. The molecule has 1 aliphatic heterocycles. The van der Waals surface area contributed by atoms with Gasteiger partial charge in [-0.25, -0.2) is 15.1 Å². The molecule has 0 aromatic carbocycles. The van der Waals surface area contributed by atoms with E-state index in [-0.39, 0.29) is 24.3 Å². The number of ether oxygens (including phenoxy) is 2. The van der Waals surface area contributed by atoms with E-state index < -0.39 is 42.2 Å². The lowest BCUT2D eigenvalue weighted by molar-refractivity contribution is -0.155. The van der Waals surface area contributed by atoms with Crippen LogP contribution in [-0.4, -0.2) is 56.6 Å². The van der Waals surface area contributed by atoms with Crippen molar-refractivity contribution >= 4 is 17.8 Å². The molecule has 180 valence electrons. The van der Waals surface area contributed by atoms with Gasteiger partial charge in [0.25, 0.3) is 0 Å². The minimum Gasteiger partial charge on any atom is -0.463 e. The van der Waals surface area contributed by atoms with Crippen molar-refractivity contribution in [1.82, 2.24) is 9.55 Å². The zero-order chi connectivity index (χ0) is 23.8. The number of aromatic nitrogens is 2. The van der Waals surface area contributed by atoms with Crippen LogP contribution >= 0.6 is 0 Å². The Morgan fingerprint density at radius 3 is 2.25 bits per heavy atom. The molecular formula is C21H33N3O8. The number of carbonyl (C=O) groups is 2. The molecule has 0 spiro atoms. The number of rotatable bonds is 11. The zero-order valence-corrected chi connectivity index (χ0v) is 18.9. The summed E-state index contributed by atoms with van der Waals surface area (Å²) >= 11 is 0. The second-order valence-corrected chi connectivity index (χ2v) is 7.73. The number of carbonyl (C=O) groups excluding carboxylic acids is 2. The van der Waals surface area contributed by atoms with Crippen molar-refractivity contribution in [2.45, 2.75) is 77.9 Å². The standard InChI is InChI=1S/C21H33N3O8/c1-5-12(6-2)19(27)30-11-14-16(25)17(26)18(31-14)24-10-9-15(22-21(24)29)23-32-20(28)13(7-3)8-4/h9-10,12-14,16-18,25-26H,5-8,11H2,1-4H3,(H,22,23,29)/t14-,16-,17-,18-/m1/s1. The lowest BCUT2D eigenvalue weighted by Crippen LogP contribution is -2.36. The first kappa shape index (κ1) is 25.8. The number of hydrogen-bond acceptors (Lipinski definition) is 10. The summed E-state index contributed by atoms with van der Waals surface area (Å²) in [6, 6.07) is 1.37. The quantitative estimate of drug-likeness (QED) is 0.327. The van der Waals surface area contributed by atoms with Crippen LogP contribution in [0.2, 0.25) is 0 Å². The molecule has 2 rings (SSSR count). The highest BCUT2D eigenvalue weighted by molar-refractivity contribution is 5.73. The number of aliphatic hydroxyl groups is 2. The molecule has 1 aromatic heterocycles. The number of aliphatic hydroxyl groups excluding tert-OH is 2. The first-order chi connectivity index (χ1) is 15.3. The van der Waals surface area contributed by atoms with Crippen LogP contribution in [-0.2, 0) is 23.9 Å². The Bertz CT molecular complexity index is 822. The topological polar surface area (TPSA) is 149 Å². The minimum absolute atomic E-state index is 0.00856. The Morgan fingerprint density at radius 2 is 1.69 bits per heavy atom. The van der Waals surface area contributed by atoms with E-state index >= 15 is 0 Å². The molecule has 1 aromatic rings. The van der Waals surface area contributed by atoms with E-state index in [9.17, 15) is 24.6 Å². The van der Waals surface area contributed by atoms with Crippen molar-refractivity contribution in [1.29, 1.82) is 0 Å². The van der Waals surface area contributed by atoms with Crippen LogP contribution in [0.3, 0.4) is 0 Å². The summed E-state index contributed by atoms with van der Waals surface area (Å²) in [6.07, 6.45) is -1.22. The predicted molar refractivity (Wildman–Crippen MR) is 113 cm³/mol. The van der Waals surface area contributed by atoms with Gasteiger partial charge >= 0.3 is 17.6 Å². The Balaban J connectivity index is 2.01. The van der Waals surface area contributed by atoms with E-state index in [1.807, 2.05) is 27.7 Å². The first-order valence-electron chi connectivity index (χ1n) is 11.0. The van der Waals surface area contributed by atoms with Crippen LogP contribution in [0.1, 0.15) is 59.6 Å². The number of nitrogens with zero attached hydrogens (tertiary/aromatic N) is 2. The molecule has 2 heterocycles. The van der Waals surface area contributed by atoms with Crippen molar-refractivity contribution < 1.29 is 34.1 Å². The highest BCUT2D eigenvalue weighted by atomic mass is 16.7. The summed E-state index contributed by atoms with van der Waals surface area (Å²) in [5.74, 6) is -1.36. The largest absolute Gasteiger partial charge is 0.463 e. The Morgan fingerprint density at radius 1 is 1.09 bits per heavy atom. The maximum Gasteiger partial charge on any atom is 0.351 e. The van der Waals surface area contributed by atoms with E-state index in [1.165, 1.54) is 12.3 Å². The number of hydrogen-bond donors (Lipinski definition) is 3. The number of nitrogens with one attached hydrogen (secondary N) is 1. The van der Waals surface area contributed by atoms with Crippen molar-refractivity contribution in [2.24, 2.45) is 11.8 Å². The van der Waals surface area contributed by atoms with Gasteiger partial charge in [0.15, 0.2) is 12.0 Å². The minimum atomic E-state index is -1.43. The molecule has 0 amide bonds. The first-order valence-corrected chi connectivity index (χ1v) is 11.0. The molecule has 0 radical (unpaired) electrons. The number of esters is 1. The second-order valence-electron chi connectivity index (χ2n) is 7.73. The number of anilines is 1. The SMILES string of the molecule is CCC(CC)C(=O)OC[C@H]1O[C@@H](n2ccc(NOC(=O)C(CC)CC)nc2=O)[C@H](O)[C@@H]1O. The average Bonchev–Trinajstić information content (AvgIpc) is 3.06. The van der Waals surface area contributed by atoms with Gasteiger partial charge in [0.1, 0.15) is 24.9 Å². The molecule has 0 saturated carbocycles. The maximum atomic E-state index is 12.4. The fraction of sp³-hybridized carbons (Fsp3) is 0.714. The molecule has 0 aliphatic carbocycles. The Hall–Kier alpha value is -2.50. The molecule has 32 heavy (non-hydrogen) atoms. The van der Waals surface area contributed by atoms with Crippen LogP contribution in [0.5, 0.6) is 0 Å². The highest BCUT2D eigenvalue weighted by Gasteiger charge is 2.44. The van der Waals surface area contributed by atoms with Gasteiger partial charge in [-0.1, -0.05) is 27.7 Å². The summed E-state index contributed by atoms with van der Waals surface area (Å²) in [5, 5.41) is 20.6. The molecule has 4 atom stereocenters. The van der Waals surface area contributed by atoms with E-state index in [1.54, 1.807) is 0 Å². The fourth-order valence-electron chi connectivity index (χ4n) is 3.47. The summed E-state index contributed by atoms with van der Waals surface area (Å²) in [6.45, 7) is 7.24. The van der Waals surface area contributed by atoms with Gasteiger partial charge in [-0.2, -0.15) is 4.98 Å². The van der Waals surface area contributed by atoms with Crippen LogP contribution in [0, 0.1) is 11.8 Å². The summed E-state index contributed by atoms with van der Waals surface area (Å²) < 4.78 is 11.8. The molecule has 11 nitrogen and oxygen atoms in total. The Kier molecular flexibility index (Phi) is 9.60. The molecule has 1 aliphatic rings. The van der Waals surface area contributed by atoms with Gasteiger partial charge in [0.2, 0.25) is 0 Å². The van der Waals surface area contributed by atoms with Crippen molar-refractivity contribution in [3.8, 4) is 0 Å². The Labute approximate surface area is 186 Å². The zero-order valence-electron chi connectivity index (χ0n) is 18.9. The molecule has 0 unspecified atom stereocenters. The van der Waals surface area contributed by atoms with Crippen molar-refractivity contribution in [3.63, 3.8) is 0 Å². The van der Waals surface area contributed by atoms with Crippen LogP contribution in [0.4, 0.5) is 5.82 Å². The van der Waals surface area contributed by atoms with Crippen LogP contribution < -0.4 is 11.2 Å². The lowest BCUT2D eigenvalue weighted by Gasteiger charge is -2.18. The van der Waals surface area contributed by atoms with Gasteiger partial charge < -0.3 is 24.5 Å². The fourth-order valence-corrected chi connectivity index (χ4v) is 3.47. The monoisotopic (exact) mass is 455 g/mol. The van der Waals surface area contributed by atoms with E-state index in [0.29, 0.717) is 25.7 Å². The maximum absolute atomic E-state index is 12.4. The predicted octanol–water partition coefficient (Wildman–Crippen LogP) is 1.15. The normalized spacial score (nSPS) is 22.9. The molecule has 11 heteroatoms. The molecule has 1 fully saturated rings. The smallest absolute Gasteiger partial charge is 0.351 e. The van der Waals surface area contributed by atoms with Gasteiger partial charge in [0, 0.05) is 12.3 Å². The third kappa shape index (κ3) is 6.05.